The van der Waals surface area contributed by atoms with Crippen molar-refractivity contribution in [2.45, 2.75) is 83.9 Å². The first-order valence-corrected chi connectivity index (χ1v) is 19.9. The quantitative estimate of drug-likeness (QED) is 0.128. The Morgan fingerprint density at radius 3 is 2.02 bits per heavy atom. The smallest absolute Gasteiger partial charge is 0.0347 e. The summed E-state index contributed by atoms with van der Waals surface area (Å²) in [6.45, 7) is 8.39. The number of aryl methyl sites for hydroxylation is 3. The summed E-state index contributed by atoms with van der Waals surface area (Å²) in [4.78, 5) is 9.36. The van der Waals surface area contributed by atoms with Gasteiger partial charge in [-0.15, -0.1) is 65.2 Å². The van der Waals surface area contributed by atoms with E-state index in [1.165, 1.54) is 82.2 Å². The van der Waals surface area contributed by atoms with Crippen molar-refractivity contribution in [3.8, 4) is 55.9 Å². The average Bonchev–Trinajstić information content (AvgIpc) is 3.23. The largest absolute Gasteiger partial charge is 0.305 e. The second kappa shape index (κ2) is 17.5. The van der Waals surface area contributed by atoms with Crippen LogP contribution in [0.2, 0.25) is 0 Å². The standard InChI is InChI=1S/C53H50N2.Ir/c1-37(2)46-24-27-51(55-36-46)43-16-14-39(15-17-43)12-13-40-32-38(3)33-47(34-40)50-11-7-6-10-49(50)42-18-20-44(21-19-42)52-35-45(28-31-54-52)41-22-25-48(26-23-41)53(4)29-8-5-9-30-53;/h6-7,10-11,14-16,18-20,22-28,31-37H,5,8-9,12-13,29-30H2,1-4H3;/q-2;/i37D;. The molecule has 0 atom stereocenters. The van der Waals surface area contributed by atoms with Crippen molar-refractivity contribution in [3.63, 3.8) is 0 Å². The van der Waals surface area contributed by atoms with Crippen molar-refractivity contribution in [3.05, 3.63) is 180 Å². The van der Waals surface area contributed by atoms with E-state index in [-0.39, 0.29) is 20.1 Å². The van der Waals surface area contributed by atoms with E-state index < -0.39 is 5.89 Å². The van der Waals surface area contributed by atoms with Crippen LogP contribution in [0.3, 0.4) is 0 Å². The Morgan fingerprint density at radius 1 is 0.643 bits per heavy atom. The zero-order chi connectivity index (χ0) is 38.7. The molecule has 0 bridgehead atoms. The first kappa shape index (κ1) is 37.9. The molecule has 0 saturated heterocycles. The molecule has 2 aromatic heterocycles. The Hall–Kier alpha value is -4.95. The minimum Gasteiger partial charge on any atom is -0.305 e. The van der Waals surface area contributed by atoms with Crippen LogP contribution in [-0.4, -0.2) is 9.97 Å². The van der Waals surface area contributed by atoms with Gasteiger partial charge in [0.05, 0.1) is 0 Å². The molecule has 2 nitrogen and oxygen atoms in total. The van der Waals surface area contributed by atoms with Crippen molar-refractivity contribution in [1.29, 1.82) is 0 Å². The molecule has 8 rings (SSSR count). The molecule has 0 spiro atoms. The molecule has 0 aliphatic heterocycles. The van der Waals surface area contributed by atoms with Crippen molar-refractivity contribution >= 4 is 0 Å². The third-order valence-corrected chi connectivity index (χ3v) is 11.6. The van der Waals surface area contributed by atoms with E-state index in [0.717, 1.165) is 46.5 Å². The SMILES string of the molecule is [2H]C(C)(C)c1ccc(-c2[c-]cc(CCc3cc(C)cc(-c4ccccc4-c4c[c-]c(-c5cc(-c6ccc(C7(C)CCCCC7)cc6)ccn5)cc4)c3)cc2)nc1.[Ir]. The van der Waals surface area contributed by atoms with Crippen LogP contribution in [-0.2, 0) is 38.4 Å². The van der Waals surface area contributed by atoms with Crippen molar-refractivity contribution in [1.82, 2.24) is 9.97 Å². The molecule has 1 fully saturated rings. The Morgan fingerprint density at radius 2 is 1.34 bits per heavy atom. The molecule has 0 unspecified atom stereocenters. The average molecular weight is 908 g/mol. The van der Waals surface area contributed by atoms with Crippen LogP contribution in [0.5, 0.6) is 0 Å². The molecule has 56 heavy (non-hydrogen) atoms. The van der Waals surface area contributed by atoms with Crippen LogP contribution < -0.4 is 0 Å². The molecule has 3 heteroatoms. The van der Waals surface area contributed by atoms with Gasteiger partial charge in [-0.2, -0.15) is 0 Å². The third kappa shape index (κ3) is 8.86. The Balaban J connectivity index is 0.00000496. The van der Waals surface area contributed by atoms with Crippen LogP contribution in [0.4, 0.5) is 0 Å². The minimum atomic E-state index is -0.659. The van der Waals surface area contributed by atoms with Crippen LogP contribution in [0.1, 0.15) is 88.0 Å². The molecular weight excluding hydrogens is 857 g/mol. The van der Waals surface area contributed by atoms with Crippen LogP contribution in [0.15, 0.2) is 140 Å². The Kier molecular flexibility index (Phi) is 11.8. The van der Waals surface area contributed by atoms with Gasteiger partial charge in [0.15, 0.2) is 0 Å². The van der Waals surface area contributed by atoms with Gasteiger partial charge in [-0.1, -0.05) is 148 Å². The predicted molar refractivity (Wildman–Crippen MR) is 230 cm³/mol. The first-order chi connectivity index (χ1) is 27.1. The van der Waals surface area contributed by atoms with Gasteiger partial charge in [-0.05, 0) is 93.9 Å². The molecule has 1 aliphatic carbocycles. The van der Waals surface area contributed by atoms with Crippen molar-refractivity contribution < 1.29 is 21.5 Å². The van der Waals surface area contributed by atoms with Gasteiger partial charge in [0.2, 0.25) is 0 Å². The van der Waals surface area contributed by atoms with Gasteiger partial charge in [0, 0.05) is 33.9 Å². The molecular formula is C53H50IrN2-2. The maximum absolute atomic E-state index is 8.26. The number of hydrogen-bond donors (Lipinski definition) is 0. The van der Waals surface area contributed by atoms with E-state index in [1.54, 1.807) is 6.20 Å². The second-order valence-electron chi connectivity index (χ2n) is 15.9. The number of aromatic nitrogens is 2. The summed E-state index contributed by atoms with van der Waals surface area (Å²) in [5.41, 5.74) is 17.4. The van der Waals surface area contributed by atoms with Crippen molar-refractivity contribution in [2.75, 3.05) is 0 Å². The summed E-state index contributed by atoms with van der Waals surface area (Å²) in [6.07, 6.45) is 12.2. The molecule has 1 radical (unpaired) electrons. The molecule has 5 aromatic carbocycles. The summed E-state index contributed by atoms with van der Waals surface area (Å²) in [6, 6.07) is 53.0. The fraction of sp³-hybridized carbons (Fsp3) is 0.245. The van der Waals surface area contributed by atoms with E-state index in [2.05, 4.69) is 146 Å². The zero-order valence-electron chi connectivity index (χ0n) is 34.0. The summed E-state index contributed by atoms with van der Waals surface area (Å²) >= 11 is 0. The summed E-state index contributed by atoms with van der Waals surface area (Å²) in [5.74, 6) is -0.659. The van der Waals surface area contributed by atoms with E-state index in [1.807, 2.05) is 32.2 Å². The van der Waals surface area contributed by atoms with Crippen LogP contribution >= 0.6 is 0 Å². The van der Waals surface area contributed by atoms with E-state index in [9.17, 15) is 0 Å². The van der Waals surface area contributed by atoms with Gasteiger partial charge in [0.25, 0.3) is 0 Å². The Labute approximate surface area is 349 Å². The monoisotopic (exact) mass is 908 g/mol. The predicted octanol–water partition coefficient (Wildman–Crippen LogP) is 13.8. The number of nitrogens with zero attached hydrogens (tertiary/aromatic N) is 2. The maximum atomic E-state index is 8.26. The minimum absolute atomic E-state index is 0. The summed E-state index contributed by atoms with van der Waals surface area (Å²) in [7, 11) is 0. The molecule has 7 aromatic rings. The van der Waals surface area contributed by atoms with Crippen molar-refractivity contribution in [2.24, 2.45) is 0 Å². The number of benzene rings is 5. The fourth-order valence-corrected chi connectivity index (χ4v) is 8.25. The molecule has 1 saturated carbocycles. The van der Waals surface area contributed by atoms with Gasteiger partial charge in [-0.25, -0.2) is 0 Å². The van der Waals surface area contributed by atoms with E-state index >= 15 is 0 Å². The normalized spacial score (nSPS) is 14.1. The number of hydrogen-bond acceptors (Lipinski definition) is 2. The zero-order valence-corrected chi connectivity index (χ0v) is 35.4. The second-order valence-corrected chi connectivity index (χ2v) is 15.9. The van der Waals surface area contributed by atoms with Crippen LogP contribution in [0.25, 0.3) is 55.9 Å². The molecule has 0 N–H and O–H groups in total. The summed E-state index contributed by atoms with van der Waals surface area (Å²) < 4.78 is 8.26. The molecule has 2 heterocycles. The van der Waals surface area contributed by atoms with Gasteiger partial charge in [-0.3, -0.25) is 0 Å². The fourth-order valence-electron chi connectivity index (χ4n) is 8.25. The molecule has 1 aliphatic rings. The first-order valence-electron chi connectivity index (χ1n) is 20.4. The topological polar surface area (TPSA) is 25.8 Å². The number of pyridine rings is 2. The number of rotatable bonds is 10. The van der Waals surface area contributed by atoms with E-state index in [4.69, 9.17) is 6.35 Å². The molecule has 0 amide bonds. The van der Waals surface area contributed by atoms with Gasteiger partial charge < -0.3 is 9.97 Å². The van der Waals surface area contributed by atoms with Gasteiger partial charge >= 0.3 is 0 Å². The maximum Gasteiger partial charge on any atom is 0.0347 e. The van der Waals surface area contributed by atoms with E-state index in [0.29, 0.717) is 5.41 Å². The Bertz CT molecular complexity index is 2420. The third-order valence-electron chi connectivity index (χ3n) is 11.6. The summed E-state index contributed by atoms with van der Waals surface area (Å²) in [5, 5.41) is 0. The molecule has 283 valence electrons. The van der Waals surface area contributed by atoms with Gasteiger partial charge in [0.1, 0.15) is 0 Å². The van der Waals surface area contributed by atoms with Crippen LogP contribution in [0, 0.1) is 19.1 Å².